The third-order valence-corrected chi connectivity index (χ3v) is 5.45. The van der Waals surface area contributed by atoms with Crippen LogP contribution in [0, 0.1) is 13.8 Å². The molecule has 0 fully saturated rings. The van der Waals surface area contributed by atoms with E-state index in [9.17, 15) is 13.5 Å². The summed E-state index contributed by atoms with van der Waals surface area (Å²) in [6.07, 6.45) is 0. The molecule has 0 saturated carbocycles. The number of benzene rings is 2. The van der Waals surface area contributed by atoms with Crippen molar-refractivity contribution in [3.8, 4) is 11.4 Å². The molecule has 124 valence electrons. The van der Waals surface area contributed by atoms with E-state index in [2.05, 4.69) is 5.10 Å². The lowest BCUT2D eigenvalue weighted by molar-refractivity contribution is 0.475. The fraction of sp³-hybridized carbons (Fsp3) is 0.167. The van der Waals surface area contributed by atoms with E-state index in [4.69, 9.17) is 0 Å². The SMILES string of the molecule is Cc1cc(C)n(-c2ccc(CS(=O)(=O)c3ccc(O)cc3)cc2)n1. The molecule has 0 aliphatic carbocycles. The van der Waals surface area contributed by atoms with Crippen LogP contribution in [0.1, 0.15) is 17.0 Å². The predicted molar refractivity (Wildman–Crippen MR) is 92.0 cm³/mol. The van der Waals surface area contributed by atoms with Gasteiger partial charge in [0.05, 0.1) is 22.0 Å². The molecule has 0 bridgehead atoms. The molecule has 24 heavy (non-hydrogen) atoms. The highest BCUT2D eigenvalue weighted by atomic mass is 32.2. The summed E-state index contributed by atoms with van der Waals surface area (Å²) < 4.78 is 26.7. The number of aromatic hydroxyl groups is 1. The van der Waals surface area contributed by atoms with Crippen LogP contribution in [0.2, 0.25) is 0 Å². The van der Waals surface area contributed by atoms with Crippen LogP contribution in [0.4, 0.5) is 0 Å². The second-order valence-electron chi connectivity index (χ2n) is 5.76. The molecule has 1 aromatic heterocycles. The summed E-state index contributed by atoms with van der Waals surface area (Å²) in [5, 5.41) is 13.7. The van der Waals surface area contributed by atoms with Gasteiger partial charge in [-0.1, -0.05) is 12.1 Å². The van der Waals surface area contributed by atoms with Gasteiger partial charge >= 0.3 is 0 Å². The molecule has 2 aromatic carbocycles. The number of rotatable bonds is 4. The molecule has 1 N–H and O–H groups in total. The minimum atomic E-state index is -3.45. The Kier molecular flexibility index (Phi) is 4.15. The van der Waals surface area contributed by atoms with Gasteiger partial charge in [0.25, 0.3) is 0 Å². The summed E-state index contributed by atoms with van der Waals surface area (Å²) in [5.41, 5.74) is 3.56. The highest BCUT2D eigenvalue weighted by molar-refractivity contribution is 7.90. The van der Waals surface area contributed by atoms with E-state index in [-0.39, 0.29) is 16.4 Å². The van der Waals surface area contributed by atoms with Crippen molar-refractivity contribution in [2.24, 2.45) is 0 Å². The van der Waals surface area contributed by atoms with Crippen LogP contribution < -0.4 is 0 Å². The highest BCUT2D eigenvalue weighted by Crippen LogP contribution is 2.20. The van der Waals surface area contributed by atoms with Crippen LogP contribution in [-0.2, 0) is 15.6 Å². The number of aryl methyl sites for hydroxylation is 2. The molecular formula is C18H18N2O3S. The van der Waals surface area contributed by atoms with E-state index >= 15 is 0 Å². The first kappa shape index (κ1) is 16.3. The van der Waals surface area contributed by atoms with Crippen LogP contribution in [0.25, 0.3) is 5.69 Å². The van der Waals surface area contributed by atoms with E-state index in [1.54, 1.807) is 12.1 Å². The molecule has 0 spiro atoms. The third-order valence-electron chi connectivity index (χ3n) is 3.74. The van der Waals surface area contributed by atoms with Crippen LogP contribution in [0.5, 0.6) is 5.75 Å². The monoisotopic (exact) mass is 342 g/mol. The number of phenolic OH excluding ortho intramolecular Hbond substituents is 1. The average molecular weight is 342 g/mol. The summed E-state index contributed by atoms with van der Waals surface area (Å²) in [6, 6.07) is 14.9. The molecule has 0 aliphatic heterocycles. The lowest BCUT2D eigenvalue weighted by Crippen LogP contribution is -2.05. The van der Waals surface area contributed by atoms with Gasteiger partial charge in [-0.05, 0) is 61.9 Å². The van der Waals surface area contributed by atoms with Crippen LogP contribution in [-0.4, -0.2) is 23.3 Å². The van der Waals surface area contributed by atoms with Gasteiger partial charge < -0.3 is 5.11 Å². The molecule has 3 aromatic rings. The number of phenols is 1. The Morgan fingerprint density at radius 2 is 1.62 bits per heavy atom. The van der Waals surface area contributed by atoms with Crippen molar-refractivity contribution in [1.82, 2.24) is 9.78 Å². The van der Waals surface area contributed by atoms with Crippen LogP contribution in [0.3, 0.4) is 0 Å². The Bertz CT molecular complexity index is 957. The minimum Gasteiger partial charge on any atom is -0.508 e. The van der Waals surface area contributed by atoms with Crippen LogP contribution >= 0.6 is 0 Å². The van der Waals surface area contributed by atoms with Gasteiger partial charge in [0.15, 0.2) is 9.84 Å². The van der Waals surface area contributed by atoms with Gasteiger partial charge in [0, 0.05) is 5.69 Å². The van der Waals surface area contributed by atoms with Gasteiger partial charge in [-0.25, -0.2) is 13.1 Å². The molecule has 0 atom stereocenters. The van der Waals surface area contributed by atoms with E-state index in [0.717, 1.165) is 17.1 Å². The van der Waals surface area contributed by atoms with E-state index in [1.807, 2.05) is 36.7 Å². The van der Waals surface area contributed by atoms with Gasteiger partial charge in [-0.15, -0.1) is 0 Å². The van der Waals surface area contributed by atoms with Crippen molar-refractivity contribution < 1.29 is 13.5 Å². The Balaban J connectivity index is 1.83. The van der Waals surface area contributed by atoms with E-state index in [1.165, 1.54) is 24.3 Å². The first-order chi connectivity index (χ1) is 11.3. The maximum atomic E-state index is 12.4. The summed E-state index contributed by atoms with van der Waals surface area (Å²) in [5.74, 6) is -0.0435. The first-order valence-corrected chi connectivity index (χ1v) is 9.15. The Morgan fingerprint density at radius 3 is 2.17 bits per heavy atom. The second kappa shape index (κ2) is 6.13. The van der Waals surface area contributed by atoms with Crippen molar-refractivity contribution in [3.05, 3.63) is 71.5 Å². The van der Waals surface area contributed by atoms with E-state index in [0.29, 0.717) is 5.56 Å². The first-order valence-electron chi connectivity index (χ1n) is 7.49. The van der Waals surface area contributed by atoms with Crippen molar-refractivity contribution in [1.29, 1.82) is 0 Å². The fourth-order valence-corrected chi connectivity index (χ4v) is 3.93. The van der Waals surface area contributed by atoms with Gasteiger partial charge in [-0.3, -0.25) is 0 Å². The smallest absolute Gasteiger partial charge is 0.182 e. The lowest BCUT2D eigenvalue weighted by Gasteiger charge is -2.08. The molecule has 6 heteroatoms. The zero-order chi connectivity index (χ0) is 17.3. The quantitative estimate of drug-likeness (QED) is 0.790. The Morgan fingerprint density at radius 1 is 1.00 bits per heavy atom. The lowest BCUT2D eigenvalue weighted by atomic mass is 10.2. The van der Waals surface area contributed by atoms with Gasteiger partial charge in [0.1, 0.15) is 5.75 Å². The Labute approximate surface area is 141 Å². The molecule has 5 nitrogen and oxygen atoms in total. The number of aromatic nitrogens is 2. The third kappa shape index (κ3) is 3.33. The van der Waals surface area contributed by atoms with Crippen molar-refractivity contribution >= 4 is 9.84 Å². The molecular weight excluding hydrogens is 324 g/mol. The Hall–Kier alpha value is -2.60. The fourth-order valence-electron chi connectivity index (χ4n) is 2.58. The summed E-state index contributed by atoms with van der Waals surface area (Å²) >= 11 is 0. The summed E-state index contributed by atoms with van der Waals surface area (Å²) in [7, 11) is -3.45. The molecule has 0 unspecified atom stereocenters. The highest BCUT2D eigenvalue weighted by Gasteiger charge is 2.15. The topological polar surface area (TPSA) is 72.2 Å². The number of hydrogen-bond acceptors (Lipinski definition) is 4. The predicted octanol–water partition coefficient (Wildman–Crippen LogP) is 3.17. The van der Waals surface area contributed by atoms with E-state index < -0.39 is 9.84 Å². The number of hydrogen-bond donors (Lipinski definition) is 1. The molecule has 3 rings (SSSR count). The molecule has 0 aliphatic rings. The molecule has 1 heterocycles. The van der Waals surface area contributed by atoms with Crippen molar-refractivity contribution in [2.75, 3.05) is 0 Å². The van der Waals surface area contributed by atoms with Gasteiger partial charge in [-0.2, -0.15) is 5.10 Å². The molecule has 0 saturated heterocycles. The summed E-state index contributed by atoms with van der Waals surface area (Å²) in [4.78, 5) is 0.197. The number of nitrogens with zero attached hydrogens (tertiary/aromatic N) is 2. The second-order valence-corrected chi connectivity index (χ2v) is 7.75. The van der Waals surface area contributed by atoms with Crippen molar-refractivity contribution in [3.63, 3.8) is 0 Å². The maximum absolute atomic E-state index is 12.4. The molecule has 0 radical (unpaired) electrons. The zero-order valence-electron chi connectivity index (χ0n) is 13.5. The minimum absolute atomic E-state index is 0.0446. The standard InChI is InChI=1S/C18H18N2O3S/c1-13-11-14(2)20(19-13)16-5-3-15(4-6-16)12-24(22,23)18-9-7-17(21)8-10-18/h3-11,21H,12H2,1-2H3. The molecule has 0 amide bonds. The largest absolute Gasteiger partial charge is 0.508 e. The zero-order valence-corrected chi connectivity index (χ0v) is 14.3. The van der Waals surface area contributed by atoms with Crippen molar-refractivity contribution in [2.45, 2.75) is 24.5 Å². The van der Waals surface area contributed by atoms with Crippen LogP contribution in [0.15, 0.2) is 59.5 Å². The maximum Gasteiger partial charge on any atom is 0.182 e. The van der Waals surface area contributed by atoms with Gasteiger partial charge in [0.2, 0.25) is 0 Å². The number of sulfone groups is 1. The normalized spacial score (nSPS) is 11.6. The average Bonchev–Trinajstić information content (AvgIpc) is 2.87. The summed E-state index contributed by atoms with van der Waals surface area (Å²) in [6.45, 7) is 3.91.